The van der Waals surface area contributed by atoms with E-state index in [1.807, 2.05) is 0 Å². The van der Waals surface area contributed by atoms with Crippen molar-refractivity contribution < 1.29 is 46.7 Å². The molecule has 0 amide bonds. The molecule has 0 aromatic rings. The van der Waals surface area contributed by atoms with Crippen LogP contribution >= 0.6 is 0 Å². The zero-order chi connectivity index (χ0) is 0. The second-order valence-corrected chi connectivity index (χ2v) is 0. The Bertz CT molecular complexity index is 8.00. The van der Waals surface area contributed by atoms with E-state index in [4.69, 9.17) is 0 Å². The summed E-state index contributed by atoms with van der Waals surface area (Å²) in [7, 11) is 0. The predicted molar refractivity (Wildman–Crippen MR) is 10.6 cm³/mol. The molecule has 0 bridgehead atoms. The first kappa shape index (κ1) is 35.1. The SMILES string of the molecule is [InH3].[O-2].[Ti].[Zn+2]. The van der Waals surface area contributed by atoms with Crippen LogP contribution in [-0.4, -0.2) is 25.8 Å². The molecule has 0 rings (SSSR count). The van der Waals surface area contributed by atoms with E-state index in [0.29, 0.717) is 0 Å². The maximum atomic E-state index is 0. The van der Waals surface area contributed by atoms with Gasteiger partial charge in [0.1, 0.15) is 0 Å². The van der Waals surface area contributed by atoms with Gasteiger partial charge in [0.05, 0.1) is 0 Å². The molecule has 0 aliphatic heterocycles. The van der Waals surface area contributed by atoms with Gasteiger partial charge in [-0.05, 0) is 0 Å². The Kier molecular flexibility index (Phi) is 167. The third kappa shape index (κ3) is 8.90. The van der Waals surface area contributed by atoms with Crippen molar-refractivity contribution >= 4 is 25.8 Å². The minimum Gasteiger partial charge on any atom is -2.00 e. The molecule has 0 heterocycles. The van der Waals surface area contributed by atoms with Crippen LogP contribution in [0, 0.1) is 0 Å². The first-order chi connectivity index (χ1) is 0. The molecule has 0 saturated heterocycles. The molecule has 0 aromatic carbocycles. The van der Waals surface area contributed by atoms with Crippen LogP contribution in [0.5, 0.6) is 0 Å². The van der Waals surface area contributed by atoms with Crippen molar-refractivity contribution in [1.29, 1.82) is 0 Å². The van der Waals surface area contributed by atoms with Gasteiger partial charge in [-0.15, -0.1) is 0 Å². The molecule has 4 heavy (non-hydrogen) atoms. The van der Waals surface area contributed by atoms with Crippen LogP contribution < -0.4 is 0 Å². The molecule has 1 nitrogen and oxygen atoms in total. The second kappa shape index (κ2) is 19.1. The Morgan fingerprint density at radius 1 is 1.00 bits per heavy atom. The van der Waals surface area contributed by atoms with Crippen LogP contribution in [0.2, 0.25) is 0 Å². The van der Waals surface area contributed by atoms with Crippen LogP contribution in [-0.2, 0) is 46.7 Å². The number of hydrogen-bond donors (Lipinski definition) is 0. The van der Waals surface area contributed by atoms with Gasteiger partial charge in [-0.3, -0.25) is 0 Å². The monoisotopic (exact) mass is 246 g/mol. The zero-order valence-electron chi connectivity index (χ0n) is 1.62. The van der Waals surface area contributed by atoms with Crippen molar-refractivity contribution in [2.45, 2.75) is 0 Å². The molecule has 0 spiro atoms. The average molecular weight is 247 g/mol. The standard InChI is InChI=1S/In.O.Ti.Zn.3H/q;-2;;+2;;;. The van der Waals surface area contributed by atoms with Gasteiger partial charge in [0.2, 0.25) is 0 Å². The summed E-state index contributed by atoms with van der Waals surface area (Å²) in [6.07, 6.45) is 0. The van der Waals surface area contributed by atoms with Gasteiger partial charge in [-0.2, -0.15) is 0 Å². The second-order valence-electron chi connectivity index (χ2n) is 0. The van der Waals surface area contributed by atoms with E-state index in [9.17, 15) is 0 Å². The van der Waals surface area contributed by atoms with Crippen molar-refractivity contribution in [2.75, 3.05) is 0 Å². The molecule has 0 radical (unpaired) electrons. The van der Waals surface area contributed by atoms with Crippen molar-refractivity contribution in [1.82, 2.24) is 0 Å². The largest absolute Gasteiger partial charge is 2.00 e. The molecule has 0 aliphatic rings. The van der Waals surface area contributed by atoms with Gasteiger partial charge in [0, 0.05) is 21.7 Å². The fraction of sp³-hybridized carbons (Fsp3) is 0. The Hall–Kier alpha value is 2.17. The van der Waals surface area contributed by atoms with Crippen LogP contribution in [0.15, 0.2) is 0 Å². The topological polar surface area (TPSA) is 28.5 Å². The Morgan fingerprint density at radius 2 is 1.00 bits per heavy atom. The smallest absolute Gasteiger partial charge is 2.00 e. The molecule has 0 aliphatic carbocycles. The zero-order valence-corrected chi connectivity index (χ0v) is 6.14. The van der Waals surface area contributed by atoms with Gasteiger partial charge in [-0.1, -0.05) is 0 Å². The third-order valence-corrected chi connectivity index (χ3v) is 0. The van der Waals surface area contributed by atoms with E-state index >= 15 is 0 Å². The van der Waals surface area contributed by atoms with E-state index in [1.54, 1.807) is 0 Å². The molecule has 0 N–H and O–H groups in total. The summed E-state index contributed by atoms with van der Waals surface area (Å²) in [6, 6.07) is 0. The fourth-order valence-corrected chi connectivity index (χ4v) is 0. The normalized spacial score (nSPS) is 0. The molecule has 0 unspecified atom stereocenters. The summed E-state index contributed by atoms with van der Waals surface area (Å²) >= 11 is 0. The summed E-state index contributed by atoms with van der Waals surface area (Å²) in [6.45, 7) is 0. The molecule has 0 atom stereocenters. The van der Waals surface area contributed by atoms with Gasteiger partial charge in [0.15, 0.2) is 0 Å². The molecule has 0 saturated carbocycles. The molecule has 0 aromatic heterocycles. The van der Waals surface area contributed by atoms with Crippen molar-refractivity contribution in [2.24, 2.45) is 0 Å². The minimum atomic E-state index is 0. The molecule has 0 fully saturated rings. The third-order valence-electron chi connectivity index (χ3n) is 0. The summed E-state index contributed by atoms with van der Waals surface area (Å²) in [5, 5.41) is 0. The van der Waals surface area contributed by atoms with E-state index in [2.05, 4.69) is 0 Å². The Morgan fingerprint density at radius 3 is 1.00 bits per heavy atom. The summed E-state index contributed by atoms with van der Waals surface area (Å²) in [5.74, 6) is 0. The summed E-state index contributed by atoms with van der Waals surface area (Å²) in [4.78, 5) is 0. The minimum absolute atomic E-state index is 0. The Labute approximate surface area is 71.6 Å². The van der Waals surface area contributed by atoms with E-state index in [1.165, 1.54) is 0 Å². The van der Waals surface area contributed by atoms with Crippen LogP contribution in [0.4, 0.5) is 0 Å². The Balaban J connectivity index is 0. The first-order valence-electron chi connectivity index (χ1n) is 0. The van der Waals surface area contributed by atoms with Gasteiger partial charge >= 0.3 is 45.3 Å². The predicted octanol–water partition coefficient (Wildman–Crippen LogP) is -1.31. The van der Waals surface area contributed by atoms with E-state index < -0.39 is 0 Å². The summed E-state index contributed by atoms with van der Waals surface area (Å²) in [5.41, 5.74) is 0. The number of hydrogen-bond acceptors (Lipinski definition) is 0. The first-order valence-corrected chi connectivity index (χ1v) is 0. The average Bonchev–Trinajstić information content (AvgIpc) is 0. The van der Waals surface area contributed by atoms with Crippen molar-refractivity contribution in [3.63, 3.8) is 0 Å². The molecular weight excluding hydrogens is 244 g/mol. The maximum Gasteiger partial charge on any atom is 2.00 e. The van der Waals surface area contributed by atoms with Crippen LogP contribution in [0.25, 0.3) is 0 Å². The van der Waals surface area contributed by atoms with Crippen molar-refractivity contribution in [3.05, 3.63) is 0 Å². The van der Waals surface area contributed by atoms with Crippen LogP contribution in [0.3, 0.4) is 0 Å². The maximum absolute atomic E-state index is 0. The van der Waals surface area contributed by atoms with Gasteiger partial charge < -0.3 is 5.48 Å². The molecular formula is H3InOTiZn. The summed E-state index contributed by atoms with van der Waals surface area (Å²) < 4.78 is 0. The van der Waals surface area contributed by atoms with Crippen molar-refractivity contribution in [3.8, 4) is 0 Å². The number of rotatable bonds is 0. The molecule has 18 valence electrons. The molecule has 4 heteroatoms. The quantitative estimate of drug-likeness (QED) is 0.476. The van der Waals surface area contributed by atoms with Crippen LogP contribution in [0.1, 0.15) is 0 Å². The van der Waals surface area contributed by atoms with E-state index in [0.717, 1.165) is 0 Å². The van der Waals surface area contributed by atoms with E-state index in [-0.39, 0.29) is 72.5 Å². The fourth-order valence-electron chi connectivity index (χ4n) is 0. The van der Waals surface area contributed by atoms with Gasteiger partial charge in [0.25, 0.3) is 0 Å². The van der Waals surface area contributed by atoms with Gasteiger partial charge in [-0.25, -0.2) is 0 Å².